The summed E-state index contributed by atoms with van der Waals surface area (Å²) < 4.78 is 5.23. The van der Waals surface area contributed by atoms with Crippen molar-refractivity contribution in [2.24, 2.45) is 0 Å². The molecule has 0 radical (unpaired) electrons. The standard InChI is InChI=1S/C31H42N4O6S/c1-19-13-22(32-17-36)14-20(2)26(19)41-16-24(37)33-23(15-21-11-9-8-10-12-21)25(38)29(40)35-18-42-31(6,7)27(35)28(39)34-30(3,4)5/h8-14,17,23,25,27,38H,15-16,18H2,1-7H3,(H,32,36)(H,33,37)(H,34,39)/t23-,25-,27+/m0/s1. The van der Waals surface area contributed by atoms with Gasteiger partial charge in [-0.05, 0) is 83.7 Å². The van der Waals surface area contributed by atoms with E-state index >= 15 is 0 Å². The lowest BCUT2D eigenvalue weighted by molar-refractivity contribution is -0.148. The molecule has 1 aliphatic heterocycles. The Balaban J connectivity index is 1.79. The normalized spacial score (nSPS) is 17.6. The smallest absolute Gasteiger partial charge is 0.258 e. The maximum Gasteiger partial charge on any atom is 0.258 e. The van der Waals surface area contributed by atoms with Crippen molar-refractivity contribution >= 4 is 41.6 Å². The van der Waals surface area contributed by atoms with Crippen LogP contribution in [0.1, 0.15) is 51.3 Å². The third-order valence-electron chi connectivity index (χ3n) is 6.89. The van der Waals surface area contributed by atoms with Crippen molar-refractivity contribution in [2.45, 2.75) is 83.4 Å². The highest BCUT2D eigenvalue weighted by atomic mass is 32.2. The quantitative estimate of drug-likeness (QED) is 0.292. The second kappa shape index (κ2) is 13.6. The summed E-state index contributed by atoms with van der Waals surface area (Å²) in [6.45, 7) is 12.7. The fourth-order valence-electron chi connectivity index (χ4n) is 5.02. The van der Waals surface area contributed by atoms with Crippen LogP contribution in [0.4, 0.5) is 5.69 Å². The van der Waals surface area contributed by atoms with E-state index in [0.29, 0.717) is 17.8 Å². The topological polar surface area (TPSA) is 137 Å². The molecule has 228 valence electrons. The Morgan fingerprint density at radius 3 is 2.33 bits per heavy atom. The third kappa shape index (κ3) is 8.48. The van der Waals surface area contributed by atoms with Gasteiger partial charge >= 0.3 is 0 Å². The number of aryl methyl sites for hydroxylation is 2. The summed E-state index contributed by atoms with van der Waals surface area (Å²) in [7, 11) is 0. The van der Waals surface area contributed by atoms with E-state index in [1.807, 2.05) is 65.0 Å². The molecule has 4 N–H and O–H groups in total. The molecule has 0 saturated carbocycles. The molecule has 3 atom stereocenters. The zero-order chi connectivity index (χ0) is 31.2. The maximum absolute atomic E-state index is 13.7. The molecule has 1 aliphatic rings. The number of hydrogen-bond acceptors (Lipinski definition) is 7. The molecule has 0 aromatic heterocycles. The lowest BCUT2D eigenvalue weighted by Crippen LogP contribution is -2.60. The fourth-order valence-corrected chi connectivity index (χ4v) is 6.16. The van der Waals surface area contributed by atoms with Gasteiger partial charge in [0.1, 0.15) is 11.8 Å². The predicted octanol–water partition coefficient (Wildman–Crippen LogP) is 2.93. The van der Waals surface area contributed by atoms with Crippen LogP contribution in [0.5, 0.6) is 5.75 Å². The number of aliphatic hydroxyl groups excluding tert-OH is 1. The number of benzene rings is 2. The molecular formula is C31H42N4O6S. The summed E-state index contributed by atoms with van der Waals surface area (Å²) in [4.78, 5) is 52.3. The fraction of sp³-hybridized carbons (Fsp3) is 0.484. The molecule has 10 nitrogen and oxygen atoms in total. The molecule has 1 saturated heterocycles. The number of carbonyl (C=O) groups excluding carboxylic acids is 4. The van der Waals surface area contributed by atoms with E-state index in [0.717, 1.165) is 16.7 Å². The van der Waals surface area contributed by atoms with Crippen LogP contribution in [-0.4, -0.2) is 75.1 Å². The van der Waals surface area contributed by atoms with Gasteiger partial charge in [0.15, 0.2) is 12.7 Å². The van der Waals surface area contributed by atoms with Crippen LogP contribution >= 0.6 is 11.8 Å². The molecule has 4 amide bonds. The van der Waals surface area contributed by atoms with E-state index in [2.05, 4.69) is 16.0 Å². The Kier molecular flexibility index (Phi) is 10.7. The van der Waals surface area contributed by atoms with Gasteiger partial charge in [0.05, 0.1) is 11.9 Å². The minimum Gasteiger partial charge on any atom is -0.483 e. The number of thioether (sulfide) groups is 1. The van der Waals surface area contributed by atoms with Gasteiger partial charge < -0.3 is 30.7 Å². The first-order valence-corrected chi connectivity index (χ1v) is 14.8. The van der Waals surface area contributed by atoms with Crippen LogP contribution in [0.3, 0.4) is 0 Å². The van der Waals surface area contributed by atoms with E-state index in [4.69, 9.17) is 4.74 Å². The highest BCUT2D eigenvalue weighted by molar-refractivity contribution is 8.00. The van der Waals surface area contributed by atoms with Gasteiger partial charge in [-0.25, -0.2) is 0 Å². The molecule has 1 fully saturated rings. The molecule has 0 bridgehead atoms. The summed E-state index contributed by atoms with van der Waals surface area (Å²) in [6.07, 6.45) is -0.832. The zero-order valence-corrected chi connectivity index (χ0v) is 26.1. The monoisotopic (exact) mass is 598 g/mol. The van der Waals surface area contributed by atoms with Gasteiger partial charge in [-0.3, -0.25) is 19.2 Å². The second-order valence-corrected chi connectivity index (χ2v) is 13.7. The van der Waals surface area contributed by atoms with Crippen molar-refractivity contribution in [2.75, 3.05) is 17.8 Å². The molecule has 0 unspecified atom stereocenters. The predicted molar refractivity (Wildman–Crippen MR) is 164 cm³/mol. The van der Waals surface area contributed by atoms with Crippen LogP contribution in [0.15, 0.2) is 42.5 Å². The van der Waals surface area contributed by atoms with E-state index in [-0.39, 0.29) is 24.8 Å². The molecule has 0 spiro atoms. The number of carbonyl (C=O) groups is 4. The van der Waals surface area contributed by atoms with Gasteiger partial charge in [-0.1, -0.05) is 30.3 Å². The minimum absolute atomic E-state index is 0.187. The van der Waals surface area contributed by atoms with E-state index < -0.39 is 40.3 Å². The Hall–Kier alpha value is -3.57. The van der Waals surface area contributed by atoms with Crippen LogP contribution < -0.4 is 20.7 Å². The summed E-state index contributed by atoms with van der Waals surface area (Å²) >= 11 is 1.46. The molecule has 3 rings (SSSR count). The summed E-state index contributed by atoms with van der Waals surface area (Å²) in [5, 5.41) is 19.7. The average Bonchev–Trinajstić information content (AvgIpc) is 3.21. The molecule has 2 aromatic rings. The second-order valence-electron chi connectivity index (χ2n) is 12.1. The van der Waals surface area contributed by atoms with E-state index in [1.165, 1.54) is 16.7 Å². The number of anilines is 1. The van der Waals surface area contributed by atoms with Crippen LogP contribution in [-0.2, 0) is 25.6 Å². The lowest BCUT2D eigenvalue weighted by atomic mass is 9.96. The summed E-state index contributed by atoms with van der Waals surface area (Å²) in [6, 6.07) is 10.9. The Morgan fingerprint density at radius 1 is 1.14 bits per heavy atom. The third-order valence-corrected chi connectivity index (χ3v) is 8.26. The number of nitrogens with zero attached hydrogens (tertiary/aromatic N) is 1. The van der Waals surface area contributed by atoms with Crippen molar-refractivity contribution < 1.29 is 29.0 Å². The summed E-state index contributed by atoms with van der Waals surface area (Å²) in [5.74, 6) is -0.713. The van der Waals surface area contributed by atoms with Crippen molar-refractivity contribution in [3.8, 4) is 5.75 Å². The molecule has 1 heterocycles. The van der Waals surface area contributed by atoms with Crippen LogP contribution in [0.2, 0.25) is 0 Å². The van der Waals surface area contributed by atoms with Crippen molar-refractivity contribution in [1.29, 1.82) is 0 Å². The highest BCUT2D eigenvalue weighted by Gasteiger charge is 2.50. The van der Waals surface area contributed by atoms with Crippen molar-refractivity contribution in [1.82, 2.24) is 15.5 Å². The van der Waals surface area contributed by atoms with Crippen LogP contribution in [0, 0.1) is 13.8 Å². The number of rotatable bonds is 11. The first-order chi connectivity index (χ1) is 19.6. The van der Waals surface area contributed by atoms with Gasteiger partial charge in [-0.2, -0.15) is 0 Å². The number of ether oxygens (including phenoxy) is 1. The number of amides is 4. The number of aliphatic hydroxyl groups is 1. The molecule has 2 aromatic carbocycles. The molecule has 42 heavy (non-hydrogen) atoms. The van der Waals surface area contributed by atoms with Crippen LogP contribution in [0.25, 0.3) is 0 Å². The van der Waals surface area contributed by atoms with Gasteiger partial charge in [0.2, 0.25) is 12.3 Å². The first kappa shape index (κ1) is 32.9. The zero-order valence-electron chi connectivity index (χ0n) is 25.3. The van der Waals surface area contributed by atoms with E-state index in [9.17, 15) is 24.3 Å². The molecule has 0 aliphatic carbocycles. The minimum atomic E-state index is -1.61. The van der Waals surface area contributed by atoms with Gasteiger partial charge in [0, 0.05) is 16.0 Å². The van der Waals surface area contributed by atoms with Crippen molar-refractivity contribution in [3.05, 3.63) is 59.2 Å². The Morgan fingerprint density at radius 2 is 1.76 bits per heavy atom. The average molecular weight is 599 g/mol. The number of hydrogen-bond donors (Lipinski definition) is 4. The summed E-state index contributed by atoms with van der Waals surface area (Å²) in [5.41, 5.74) is 2.39. The lowest BCUT2D eigenvalue weighted by Gasteiger charge is -2.35. The Labute approximate surface area is 252 Å². The maximum atomic E-state index is 13.7. The van der Waals surface area contributed by atoms with E-state index in [1.54, 1.807) is 26.0 Å². The molecular weight excluding hydrogens is 556 g/mol. The molecule has 11 heteroatoms. The highest BCUT2D eigenvalue weighted by Crippen LogP contribution is 2.40. The SMILES string of the molecule is Cc1cc(NC=O)cc(C)c1OCC(=O)N[C@@H](Cc1ccccc1)[C@H](O)C(=O)N1CSC(C)(C)[C@H]1C(=O)NC(C)(C)C. The number of nitrogens with one attached hydrogen (secondary N) is 3. The van der Waals surface area contributed by atoms with Gasteiger partial charge in [-0.15, -0.1) is 11.8 Å². The van der Waals surface area contributed by atoms with Gasteiger partial charge in [0.25, 0.3) is 11.8 Å². The first-order valence-electron chi connectivity index (χ1n) is 13.8. The van der Waals surface area contributed by atoms with Crippen molar-refractivity contribution in [3.63, 3.8) is 0 Å². The Bertz CT molecular complexity index is 1270. The largest absolute Gasteiger partial charge is 0.483 e.